The summed E-state index contributed by atoms with van der Waals surface area (Å²) in [7, 11) is -3.69. The van der Waals surface area contributed by atoms with Gasteiger partial charge in [-0.1, -0.05) is 47.5 Å². The Bertz CT molecular complexity index is 886. The Balaban J connectivity index is 2.33. The molecule has 0 aliphatic carbocycles. The lowest BCUT2D eigenvalue weighted by Gasteiger charge is -2.09. The molecular formula is C14H9Cl2NO2S. The highest BCUT2D eigenvalue weighted by atomic mass is 35.5. The van der Waals surface area contributed by atoms with E-state index in [1.165, 1.54) is 6.20 Å². The zero-order chi connectivity index (χ0) is 14.3. The van der Waals surface area contributed by atoms with Gasteiger partial charge in [-0.15, -0.1) is 0 Å². The third kappa shape index (κ3) is 2.00. The Labute approximate surface area is 126 Å². The van der Waals surface area contributed by atoms with Gasteiger partial charge in [0.2, 0.25) is 0 Å². The number of benzene rings is 2. The smallest absolute Gasteiger partial charge is 0.240 e. The molecule has 6 heteroatoms. The number of hydrogen-bond acceptors (Lipinski definition) is 2. The van der Waals surface area contributed by atoms with Crippen molar-refractivity contribution in [2.24, 2.45) is 0 Å². The first-order valence-corrected chi connectivity index (χ1v) is 7.97. The summed E-state index contributed by atoms with van der Waals surface area (Å²) in [6, 6.07) is 13.3. The van der Waals surface area contributed by atoms with Crippen molar-refractivity contribution in [1.82, 2.24) is 3.97 Å². The van der Waals surface area contributed by atoms with E-state index in [0.29, 0.717) is 10.5 Å². The lowest BCUT2D eigenvalue weighted by atomic mass is 10.2. The first-order chi connectivity index (χ1) is 9.51. The molecule has 0 atom stereocenters. The van der Waals surface area contributed by atoms with E-state index < -0.39 is 10.0 Å². The van der Waals surface area contributed by atoms with Gasteiger partial charge in [0.15, 0.2) is 0 Å². The minimum absolute atomic E-state index is 0.202. The highest BCUT2D eigenvalue weighted by Gasteiger charge is 2.20. The topological polar surface area (TPSA) is 39.1 Å². The van der Waals surface area contributed by atoms with Crippen LogP contribution in [0.5, 0.6) is 0 Å². The Hall–Kier alpha value is -1.49. The van der Waals surface area contributed by atoms with Crippen LogP contribution in [0.15, 0.2) is 59.6 Å². The molecule has 1 heterocycles. The average Bonchev–Trinajstić information content (AvgIpc) is 2.89. The van der Waals surface area contributed by atoms with Crippen molar-refractivity contribution in [2.75, 3.05) is 0 Å². The molecule has 3 nitrogen and oxygen atoms in total. The standard InChI is InChI=1S/C14H9Cl2NO2S/c15-12-7-6-10-8-9-17(14(10)13(12)16)20(18,19)11-4-2-1-3-5-11/h1-9H. The molecule has 0 spiro atoms. The molecule has 0 fully saturated rings. The quantitative estimate of drug-likeness (QED) is 0.708. The molecule has 2 aromatic carbocycles. The number of nitrogens with zero attached hydrogens (tertiary/aromatic N) is 1. The third-order valence-electron chi connectivity index (χ3n) is 3.01. The fourth-order valence-electron chi connectivity index (χ4n) is 2.04. The summed E-state index contributed by atoms with van der Waals surface area (Å²) in [5.41, 5.74) is 0.392. The molecule has 0 aliphatic rings. The van der Waals surface area contributed by atoms with Crippen LogP contribution >= 0.6 is 23.2 Å². The SMILES string of the molecule is O=S(=O)(c1ccccc1)n1ccc2ccc(Cl)c(Cl)c21. The van der Waals surface area contributed by atoms with E-state index in [1.54, 1.807) is 48.5 Å². The predicted octanol–water partition coefficient (Wildman–Crippen LogP) is 4.19. The molecule has 3 rings (SSSR count). The van der Waals surface area contributed by atoms with Gasteiger partial charge in [-0.25, -0.2) is 12.4 Å². The molecule has 1 aromatic heterocycles. The van der Waals surface area contributed by atoms with Crippen LogP contribution in [0.2, 0.25) is 10.0 Å². The normalized spacial score (nSPS) is 11.9. The maximum absolute atomic E-state index is 12.6. The van der Waals surface area contributed by atoms with E-state index in [4.69, 9.17) is 23.2 Å². The number of hydrogen-bond donors (Lipinski definition) is 0. The van der Waals surface area contributed by atoms with Gasteiger partial charge >= 0.3 is 0 Å². The lowest BCUT2D eigenvalue weighted by molar-refractivity contribution is 0.589. The summed E-state index contributed by atoms with van der Waals surface area (Å²) in [6.45, 7) is 0. The maximum atomic E-state index is 12.6. The molecule has 0 unspecified atom stereocenters. The Morgan fingerprint density at radius 1 is 0.900 bits per heavy atom. The zero-order valence-electron chi connectivity index (χ0n) is 10.1. The first-order valence-electron chi connectivity index (χ1n) is 5.77. The molecule has 0 amide bonds. The molecular weight excluding hydrogens is 317 g/mol. The molecule has 3 aromatic rings. The largest absolute Gasteiger partial charge is 0.268 e. The second-order valence-electron chi connectivity index (χ2n) is 4.23. The van der Waals surface area contributed by atoms with Gasteiger partial charge in [0.05, 0.1) is 20.5 Å². The number of halogens is 2. The molecule has 102 valence electrons. The van der Waals surface area contributed by atoms with Crippen molar-refractivity contribution in [3.63, 3.8) is 0 Å². The van der Waals surface area contributed by atoms with Crippen molar-refractivity contribution >= 4 is 44.1 Å². The van der Waals surface area contributed by atoms with Crippen LogP contribution in [0.25, 0.3) is 10.9 Å². The van der Waals surface area contributed by atoms with Crippen LogP contribution in [0, 0.1) is 0 Å². The van der Waals surface area contributed by atoms with E-state index in [-0.39, 0.29) is 9.92 Å². The number of fused-ring (bicyclic) bond motifs is 1. The summed E-state index contributed by atoms with van der Waals surface area (Å²) < 4.78 is 26.4. The van der Waals surface area contributed by atoms with Gasteiger partial charge in [-0.05, 0) is 24.3 Å². The van der Waals surface area contributed by atoms with E-state index in [9.17, 15) is 8.42 Å². The van der Waals surface area contributed by atoms with E-state index in [2.05, 4.69) is 0 Å². The van der Waals surface area contributed by atoms with Crippen LogP contribution in [-0.4, -0.2) is 12.4 Å². The van der Waals surface area contributed by atoms with Crippen molar-refractivity contribution in [3.8, 4) is 0 Å². The second-order valence-corrected chi connectivity index (χ2v) is 6.83. The van der Waals surface area contributed by atoms with Crippen molar-refractivity contribution in [3.05, 3.63) is 64.8 Å². The van der Waals surface area contributed by atoms with Crippen molar-refractivity contribution in [2.45, 2.75) is 4.90 Å². The van der Waals surface area contributed by atoms with E-state index in [1.807, 2.05) is 0 Å². The molecule has 0 aliphatic heterocycles. The zero-order valence-corrected chi connectivity index (χ0v) is 12.5. The van der Waals surface area contributed by atoms with Crippen molar-refractivity contribution < 1.29 is 8.42 Å². The molecule has 20 heavy (non-hydrogen) atoms. The Morgan fingerprint density at radius 3 is 2.30 bits per heavy atom. The monoisotopic (exact) mass is 325 g/mol. The lowest BCUT2D eigenvalue weighted by Crippen LogP contribution is -2.11. The third-order valence-corrected chi connectivity index (χ3v) is 5.49. The molecule has 0 saturated carbocycles. The highest BCUT2D eigenvalue weighted by molar-refractivity contribution is 7.90. The van der Waals surface area contributed by atoms with Crippen LogP contribution in [0.4, 0.5) is 0 Å². The predicted molar refractivity (Wildman–Crippen MR) is 81.0 cm³/mol. The van der Waals surface area contributed by atoms with Crippen LogP contribution in [0.3, 0.4) is 0 Å². The van der Waals surface area contributed by atoms with Gasteiger partial charge in [0.25, 0.3) is 10.0 Å². The number of rotatable bonds is 2. The molecule has 0 bridgehead atoms. The minimum Gasteiger partial charge on any atom is -0.240 e. The summed E-state index contributed by atoms with van der Waals surface area (Å²) in [6.07, 6.45) is 1.48. The molecule has 0 saturated heterocycles. The fourth-order valence-corrected chi connectivity index (χ4v) is 3.89. The molecule has 0 radical (unpaired) electrons. The maximum Gasteiger partial charge on any atom is 0.268 e. The summed E-state index contributed by atoms with van der Waals surface area (Å²) in [4.78, 5) is 0.202. The fraction of sp³-hybridized carbons (Fsp3) is 0. The van der Waals surface area contributed by atoms with Crippen LogP contribution in [0.1, 0.15) is 0 Å². The van der Waals surface area contributed by atoms with Gasteiger partial charge < -0.3 is 0 Å². The van der Waals surface area contributed by atoms with Crippen LogP contribution < -0.4 is 0 Å². The molecule has 0 N–H and O–H groups in total. The van der Waals surface area contributed by atoms with Crippen LogP contribution in [-0.2, 0) is 10.0 Å². The van der Waals surface area contributed by atoms with Gasteiger partial charge in [-0.3, -0.25) is 0 Å². The minimum atomic E-state index is -3.69. The Morgan fingerprint density at radius 2 is 1.60 bits per heavy atom. The van der Waals surface area contributed by atoms with Crippen molar-refractivity contribution in [1.29, 1.82) is 0 Å². The summed E-state index contributed by atoms with van der Waals surface area (Å²) in [5, 5.41) is 1.27. The number of aromatic nitrogens is 1. The van der Waals surface area contributed by atoms with Gasteiger partial charge in [-0.2, -0.15) is 0 Å². The highest BCUT2D eigenvalue weighted by Crippen LogP contribution is 2.33. The van der Waals surface area contributed by atoms with E-state index >= 15 is 0 Å². The van der Waals surface area contributed by atoms with E-state index in [0.717, 1.165) is 9.36 Å². The Kier molecular flexibility index (Phi) is 3.24. The first kappa shape index (κ1) is 13.5. The second kappa shape index (κ2) is 4.81. The summed E-state index contributed by atoms with van der Waals surface area (Å²) >= 11 is 12.1. The van der Waals surface area contributed by atoms with Gasteiger partial charge in [0, 0.05) is 11.6 Å². The van der Waals surface area contributed by atoms with Gasteiger partial charge in [0.1, 0.15) is 0 Å². The average molecular weight is 326 g/mol. The summed E-state index contributed by atoms with van der Waals surface area (Å²) in [5.74, 6) is 0.